The van der Waals surface area contributed by atoms with Crippen molar-refractivity contribution in [3.63, 3.8) is 0 Å². The monoisotopic (exact) mass is 456 g/mol. The summed E-state index contributed by atoms with van der Waals surface area (Å²) < 4.78 is 0. The molecule has 2 N–H and O–H groups in total. The van der Waals surface area contributed by atoms with E-state index in [4.69, 9.17) is 23.2 Å². The number of nitrogens with one attached hydrogen (secondary N) is 2. The van der Waals surface area contributed by atoms with E-state index in [9.17, 15) is 14.4 Å². The van der Waals surface area contributed by atoms with Crippen molar-refractivity contribution in [2.75, 3.05) is 32.7 Å². The van der Waals surface area contributed by atoms with Crippen LogP contribution in [0.5, 0.6) is 0 Å². The maximum Gasteiger partial charge on any atom is 0.253 e. The van der Waals surface area contributed by atoms with Gasteiger partial charge in [-0.1, -0.05) is 37.0 Å². The number of amides is 3. The van der Waals surface area contributed by atoms with Gasteiger partial charge in [0.05, 0.1) is 17.1 Å². The molecule has 7 nitrogen and oxygen atoms in total. The van der Waals surface area contributed by atoms with Gasteiger partial charge in [0, 0.05) is 37.2 Å². The van der Waals surface area contributed by atoms with Crippen LogP contribution in [0.2, 0.25) is 10.0 Å². The maximum atomic E-state index is 13.1. The Bertz CT molecular complexity index is 778. The topological polar surface area (TPSA) is 81.8 Å². The van der Waals surface area contributed by atoms with Crippen molar-refractivity contribution >= 4 is 40.9 Å². The van der Waals surface area contributed by atoms with E-state index in [1.807, 2.05) is 32.6 Å². The quantitative estimate of drug-likeness (QED) is 0.659. The summed E-state index contributed by atoms with van der Waals surface area (Å²) in [5.41, 5.74) is 0.278. The molecule has 30 heavy (non-hydrogen) atoms. The largest absolute Gasteiger partial charge is 0.353 e. The molecule has 166 valence electrons. The number of hydrogen-bond acceptors (Lipinski definition) is 4. The van der Waals surface area contributed by atoms with Crippen LogP contribution in [0.25, 0.3) is 0 Å². The summed E-state index contributed by atoms with van der Waals surface area (Å²) >= 11 is 12.0. The minimum Gasteiger partial charge on any atom is -0.353 e. The van der Waals surface area contributed by atoms with E-state index in [1.54, 1.807) is 17.0 Å². The van der Waals surface area contributed by atoms with Crippen molar-refractivity contribution in [2.24, 2.45) is 5.92 Å². The first-order valence-electron chi connectivity index (χ1n) is 10.1. The summed E-state index contributed by atoms with van der Waals surface area (Å²) in [6, 6.07) is 4.07. The molecule has 1 fully saturated rings. The second-order valence-corrected chi connectivity index (χ2v) is 8.99. The number of halogens is 2. The van der Waals surface area contributed by atoms with E-state index >= 15 is 0 Å². The lowest BCUT2D eigenvalue weighted by Crippen LogP contribution is -2.57. The summed E-state index contributed by atoms with van der Waals surface area (Å²) in [6.07, 6.45) is 0. The number of hydrogen-bond donors (Lipinski definition) is 2. The molecular weight excluding hydrogens is 427 g/mol. The second-order valence-electron chi connectivity index (χ2n) is 8.14. The molecule has 1 aromatic carbocycles. The van der Waals surface area contributed by atoms with E-state index in [2.05, 4.69) is 10.6 Å². The molecule has 0 aromatic heterocycles. The van der Waals surface area contributed by atoms with E-state index in [0.717, 1.165) is 0 Å². The lowest BCUT2D eigenvalue weighted by atomic mass is 10.0. The fourth-order valence-corrected chi connectivity index (χ4v) is 3.79. The summed E-state index contributed by atoms with van der Waals surface area (Å²) in [4.78, 5) is 41.5. The molecule has 1 heterocycles. The molecule has 0 saturated carbocycles. The Hall–Kier alpha value is -1.83. The maximum absolute atomic E-state index is 13.1. The van der Waals surface area contributed by atoms with Gasteiger partial charge in [-0.2, -0.15) is 0 Å². The minimum absolute atomic E-state index is 0.0167. The predicted octanol–water partition coefficient (Wildman–Crippen LogP) is 2.42. The highest BCUT2D eigenvalue weighted by atomic mass is 35.5. The highest BCUT2D eigenvalue weighted by molar-refractivity contribution is 6.36. The van der Waals surface area contributed by atoms with Gasteiger partial charge in [0.15, 0.2) is 0 Å². The van der Waals surface area contributed by atoms with Gasteiger partial charge < -0.3 is 15.5 Å². The molecule has 0 spiro atoms. The van der Waals surface area contributed by atoms with Crippen LogP contribution < -0.4 is 10.6 Å². The SMILES string of the molecule is CC(C)NC(=O)CN1CCN(C(=O)C(NC(=O)c2ccc(Cl)cc2Cl)C(C)C)CC1. The minimum atomic E-state index is -0.667. The van der Waals surface area contributed by atoms with E-state index in [1.165, 1.54) is 6.07 Å². The fraction of sp³-hybridized carbons (Fsp3) is 0.571. The van der Waals surface area contributed by atoms with Gasteiger partial charge in [-0.05, 0) is 38.0 Å². The average Bonchev–Trinajstić information content (AvgIpc) is 2.65. The smallest absolute Gasteiger partial charge is 0.253 e. The molecule has 1 aliphatic heterocycles. The Kier molecular flexibility index (Phi) is 8.94. The summed E-state index contributed by atoms with van der Waals surface area (Å²) in [7, 11) is 0. The van der Waals surface area contributed by atoms with Gasteiger partial charge in [0.25, 0.3) is 5.91 Å². The van der Waals surface area contributed by atoms with E-state index < -0.39 is 11.9 Å². The second kappa shape index (κ2) is 11.0. The third kappa shape index (κ3) is 6.86. The lowest BCUT2D eigenvalue weighted by Gasteiger charge is -2.37. The molecule has 0 aliphatic carbocycles. The molecule has 2 rings (SSSR count). The van der Waals surface area contributed by atoms with Crippen LogP contribution in [0.1, 0.15) is 38.1 Å². The number of carbonyl (C=O) groups is 3. The zero-order valence-electron chi connectivity index (χ0n) is 17.9. The molecule has 9 heteroatoms. The zero-order valence-corrected chi connectivity index (χ0v) is 19.4. The number of nitrogens with zero attached hydrogens (tertiary/aromatic N) is 2. The molecule has 1 aliphatic rings. The Balaban J connectivity index is 1.96. The summed E-state index contributed by atoms with van der Waals surface area (Å²) in [5, 5.41) is 6.37. The van der Waals surface area contributed by atoms with Crippen molar-refractivity contribution in [2.45, 2.75) is 39.8 Å². The van der Waals surface area contributed by atoms with Gasteiger partial charge in [0.2, 0.25) is 11.8 Å². The predicted molar refractivity (Wildman–Crippen MR) is 119 cm³/mol. The molecule has 3 amide bonds. The van der Waals surface area contributed by atoms with Gasteiger partial charge in [0.1, 0.15) is 6.04 Å². The van der Waals surface area contributed by atoms with Crippen molar-refractivity contribution in [1.29, 1.82) is 0 Å². The van der Waals surface area contributed by atoms with Gasteiger partial charge in [-0.3, -0.25) is 19.3 Å². The fourth-order valence-electron chi connectivity index (χ4n) is 3.30. The van der Waals surface area contributed by atoms with E-state index in [-0.39, 0.29) is 34.4 Å². The van der Waals surface area contributed by atoms with Crippen LogP contribution in [-0.4, -0.2) is 72.3 Å². The number of carbonyl (C=O) groups excluding carboxylic acids is 3. The highest BCUT2D eigenvalue weighted by Crippen LogP contribution is 2.21. The molecule has 1 aromatic rings. The normalized spacial score (nSPS) is 15.9. The third-order valence-corrected chi connectivity index (χ3v) is 5.44. The van der Waals surface area contributed by atoms with Gasteiger partial charge >= 0.3 is 0 Å². The molecule has 1 atom stereocenters. The number of piperazine rings is 1. The zero-order chi connectivity index (χ0) is 22.4. The van der Waals surface area contributed by atoms with Crippen molar-refractivity contribution in [3.8, 4) is 0 Å². The van der Waals surface area contributed by atoms with Crippen molar-refractivity contribution in [3.05, 3.63) is 33.8 Å². The lowest BCUT2D eigenvalue weighted by molar-refractivity contribution is -0.136. The van der Waals surface area contributed by atoms with Crippen LogP contribution in [0, 0.1) is 5.92 Å². The van der Waals surface area contributed by atoms with Crippen molar-refractivity contribution in [1.82, 2.24) is 20.4 Å². The first-order chi connectivity index (χ1) is 14.1. The third-order valence-electron chi connectivity index (χ3n) is 4.90. The average molecular weight is 457 g/mol. The van der Waals surface area contributed by atoms with Crippen LogP contribution in [0.3, 0.4) is 0 Å². The summed E-state index contributed by atoms with van der Waals surface area (Å²) in [5.74, 6) is -0.651. The summed E-state index contributed by atoms with van der Waals surface area (Å²) in [6.45, 7) is 10.2. The first kappa shape index (κ1) is 24.4. The molecule has 0 bridgehead atoms. The number of rotatable bonds is 7. The molecule has 1 saturated heterocycles. The molecule has 1 unspecified atom stereocenters. The molecule has 0 radical (unpaired) electrons. The van der Waals surface area contributed by atoms with Crippen LogP contribution >= 0.6 is 23.2 Å². The Morgan fingerprint density at radius 1 is 1.00 bits per heavy atom. The van der Waals surface area contributed by atoms with Crippen LogP contribution in [-0.2, 0) is 9.59 Å². The van der Waals surface area contributed by atoms with Gasteiger partial charge in [-0.25, -0.2) is 0 Å². The van der Waals surface area contributed by atoms with Crippen LogP contribution in [0.4, 0.5) is 0 Å². The highest BCUT2D eigenvalue weighted by Gasteiger charge is 2.31. The Morgan fingerprint density at radius 2 is 1.63 bits per heavy atom. The number of benzene rings is 1. The first-order valence-corrected chi connectivity index (χ1v) is 10.9. The van der Waals surface area contributed by atoms with Crippen LogP contribution in [0.15, 0.2) is 18.2 Å². The van der Waals surface area contributed by atoms with Crippen molar-refractivity contribution < 1.29 is 14.4 Å². The molecular formula is C21H30Cl2N4O3. The van der Waals surface area contributed by atoms with Gasteiger partial charge in [-0.15, -0.1) is 0 Å². The Labute approximate surface area is 188 Å². The standard InChI is InChI=1S/C21H30Cl2N4O3/c1-13(2)19(25-20(29)16-6-5-15(22)11-17(16)23)21(30)27-9-7-26(8-10-27)12-18(28)24-14(3)4/h5-6,11,13-14,19H,7-10,12H2,1-4H3,(H,24,28)(H,25,29). The van der Waals surface area contributed by atoms with E-state index in [0.29, 0.717) is 37.7 Å². The Morgan fingerprint density at radius 3 is 2.17 bits per heavy atom.